The van der Waals surface area contributed by atoms with Crippen LogP contribution in [0.1, 0.15) is 0 Å². The van der Waals surface area contributed by atoms with Crippen LogP contribution >= 0.6 is 0 Å². The second kappa shape index (κ2) is 13.0. The molecule has 0 radical (unpaired) electrons. The summed E-state index contributed by atoms with van der Waals surface area (Å²) < 4.78 is 242. The Hall–Kier alpha value is -5.03. The van der Waals surface area contributed by atoms with Crippen molar-refractivity contribution < 1.29 is 74.7 Å². The Morgan fingerprint density at radius 1 is 0.298 bits per heavy atom. The first kappa shape index (κ1) is 34.8. The molecule has 0 unspecified atom stereocenters. The molecule has 0 atom stereocenters. The fourth-order valence-electron chi connectivity index (χ4n) is 5.04. The van der Waals surface area contributed by atoms with Gasteiger partial charge in [-0.1, -0.05) is 0 Å². The Balaban J connectivity index is 0.000000748. The summed E-state index contributed by atoms with van der Waals surface area (Å²) in [5.41, 5.74) is -12.0. The molecule has 0 aliphatic carbocycles. The van der Waals surface area contributed by atoms with Crippen molar-refractivity contribution in [2.75, 3.05) is 0 Å². The summed E-state index contributed by atoms with van der Waals surface area (Å²) in [6.45, 7) is 0. The average Bonchev–Trinajstić information content (AvgIpc) is 3.02. The Labute approximate surface area is 251 Å². The van der Waals surface area contributed by atoms with Gasteiger partial charge in [0.05, 0.1) is 0 Å². The van der Waals surface area contributed by atoms with Crippen LogP contribution in [0, 0.1) is 93.1 Å². The lowest BCUT2D eigenvalue weighted by Crippen LogP contribution is -2.81. The van der Waals surface area contributed by atoms with Crippen molar-refractivity contribution in [2.24, 2.45) is 0 Å². The van der Waals surface area contributed by atoms with Crippen molar-refractivity contribution in [1.82, 2.24) is 0 Å². The Morgan fingerprint density at radius 2 is 0.489 bits per heavy atom. The van der Waals surface area contributed by atoms with Crippen LogP contribution in [-0.4, -0.2) is 6.15 Å². The van der Waals surface area contributed by atoms with Gasteiger partial charge in [0.2, 0.25) is 0 Å². The summed E-state index contributed by atoms with van der Waals surface area (Å²) in [6, 6.07) is 2.82. The zero-order chi connectivity index (χ0) is 35.1. The molecule has 0 fully saturated rings. The van der Waals surface area contributed by atoms with Gasteiger partial charge in [-0.05, 0) is 6.07 Å². The molecule has 1 heterocycles. The summed E-state index contributed by atoms with van der Waals surface area (Å²) in [5, 5.41) is 0. The lowest BCUT2D eigenvalue weighted by atomic mass is 9.12. The van der Waals surface area contributed by atoms with Gasteiger partial charge >= 0.3 is 12.5 Å². The van der Waals surface area contributed by atoms with E-state index >= 15 is 35.1 Å². The second-order valence-corrected chi connectivity index (χ2v) is 9.38. The van der Waals surface area contributed by atoms with Crippen LogP contribution in [0.15, 0.2) is 59.4 Å². The molecule has 0 N–H and O–H groups in total. The van der Waals surface area contributed by atoms with E-state index in [0.717, 1.165) is 0 Å². The summed E-state index contributed by atoms with van der Waals surface area (Å²) >= 11 is 0. The van der Waals surface area contributed by atoms with Crippen LogP contribution in [0.2, 0.25) is 0 Å². The van der Waals surface area contributed by atoms with Gasteiger partial charge in [-0.2, -0.15) is 0 Å². The minimum absolute atomic E-state index is 0.689. The molecule has 1 aromatic heterocycles. The zero-order valence-corrected chi connectivity index (χ0v) is 22.2. The quantitative estimate of drug-likeness (QED) is 0.0871. The topological polar surface area (TPSA) is 11.3 Å². The lowest BCUT2D eigenvalue weighted by molar-refractivity contribution is 0.452. The van der Waals surface area contributed by atoms with Crippen LogP contribution in [0.4, 0.5) is 70.2 Å². The highest BCUT2D eigenvalue weighted by atomic mass is 19.2. The molecule has 18 heteroatoms. The highest BCUT2D eigenvalue weighted by Gasteiger charge is 2.50. The van der Waals surface area contributed by atoms with Crippen molar-refractivity contribution in [3.63, 3.8) is 0 Å². The maximum atomic E-state index is 15.3. The van der Waals surface area contributed by atoms with E-state index in [-0.39, 0.29) is 0 Å². The van der Waals surface area contributed by atoms with E-state index in [4.69, 9.17) is 0 Å². The molecule has 0 saturated carbocycles. The monoisotopic (exact) mass is 688 g/mol. The molecule has 0 amide bonds. The first-order valence-corrected chi connectivity index (χ1v) is 12.3. The normalized spacial score (nSPS) is 11.4. The van der Waals surface area contributed by atoms with Crippen LogP contribution in [0.5, 0.6) is 0 Å². The molecule has 5 aromatic rings. The number of hydrogen-bond acceptors (Lipinski definition) is 0. The molecule has 4 aromatic carbocycles. The molecule has 0 bridgehead atoms. The van der Waals surface area contributed by atoms with Gasteiger partial charge in [0.1, 0.15) is 52.7 Å². The minimum Gasteiger partial charge on any atom is -0.224 e. The van der Waals surface area contributed by atoms with Gasteiger partial charge < -0.3 is 0 Å². The van der Waals surface area contributed by atoms with Gasteiger partial charge in [-0.3, -0.25) is 0 Å². The van der Waals surface area contributed by atoms with Gasteiger partial charge in [0.15, 0.2) is 46.5 Å². The molecular weight excluding hydrogens is 679 g/mol. The predicted molar refractivity (Wildman–Crippen MR) is 133 cm³/mol. The standard InChI is InChI=1S/C24H4BF16.C5H5O/c26-5-1-6(27)18(35)13(17(5)34)25(14-19(36)7(28)2-8(29)20(14)37,15-21(38)9(30)3-10(31)22(15)39)16-23(40)11(32)4-12(33)24(16)41;1-2-4-6-5-3-1/h1-4H;1-5H/q-1;+1. The van der Waals surface area contributed by atoms with Gasteiger partial charge in [-0.15, -0.1) is 21.9 Å². The summed E-state index contributed by atoms with van der Waals surface area (Å²) in [6.07, 6.45) is -3.24. The molecule has 246 valence electrons. The Morgan fingerprint density at radius 3 is 0.617 bits per heavy atom. The van der Waals surface area contributed by atoms with Gasteiger partial charge in [0, 0.05) is 36.4 Å². The number of rotatable bonds is 4. The highest BCUT2D eigenvalue weighted by molar-refractivity contribution is 7.20. The van der Waals surface area contributed by atoms with Crippen molar-refractivity contribution in [3.8, 4) is 0 Å². The van der Waals surface area contributed by atoms with Crippen molar-refractivity contribution in [2.45, 2.75) is 0 Å². The van der Waals surface area contributed by atoms with E-state index in [1.807, 2.05) is 18.2 Å². The lowest BCUT2D eigenvalue weighted by Gasteiger charge is -2.44. The predicted octanol–water partition coefficient (Wildman–Crippen LogP) is 6.85. The molecule has 0 spiro atoms. The highest BCUT2D eigenvalue weighted by Crippen LogP contribution is 2.27. The maximum Gasteiger partial charge on any atom is 0.317 e. The summed E-state index contributed by atoms with van der Waals surface area (Å²) in [5.74, 6) is -46.2. The molecule has 0 aliphatic rings. The molecule has 0 aliphatic heterocycles. The van der Waals surface area contributed by atoms with E-state index in [1.165, 1.54) is 0 Å². The molecule has 0 saturated heterocycles. The maximum absolute atomic E-state index is 15.3. The average molecular weight is 688 g/mol. The van der Waals surface area contributed by atoms with Crippen LogP contribution < -0.4 is 21.9 Å². The van der Waals surface area contributed by atoms with Crippen molar-refractivity contribution >= 4 is 28.0 Å². The largest absolute Gasteiger partial charge is 0.317 e. The van der Waals surface area contributed by atoms with Crippen LogP contribution in [-0.2, 0) is 0 Å². The van der Waals surface area contributed by atoms with E-state index in [1.54, 1.807) is 12.5 Å². The van der Waals surface area contributed by atoms with E-state index in [0.29, 0.717) is 0 Å². The fraction of sp³-hybridized carbons (Fsp3) is 0. The van der Waals surface area contributed by atoms with E-state index < -0.39 is 145 Å². The summed E-state index contributed by atoms with van der Waals surface area (Å²) in [4.78, 5) is 0. The van der Waals surface area contributed by atoms with Gasteiger partial charge in [-0.25, -0.2) is 74.7 Å². The van der Waals surface area contributed by atoms with Gasteiger partial charge in [0.25, 0.3) is 0 Å². The summed E-state index contributed by atoms with van der Waals surface area (Å²) in [7, 11) is 0. The molecule has 47 heavy (non-hydrogen) atoms. The first-order chi connectivity index (χ1) is 22.0. The second-order valence-electron chi connectivity index (χ2n) is 9.38. The minimum atomic E-state index is -6.49. The fourth-order valence-corrected chi connectivity index (χ4v) is 5.04. The zero-order valence-electron chi connectivity index (χ0n) is 22.2. The van der Waals surface area contributed by atoms with E-state index in [9.17, 15) is 35.1 Å². The Bertz CT molecular complexity index is 1630. The van der Waals surface area contributed by atoms with Crippen molar-refractivity contribution in [3.05, 3.63) is 148 Å². The van der Waals surface area contributed by atoms with Crippen LogP contribution in [0.25, 0.3) is 0 Å². The third kappa shape index (κ3) is 5.65. The smallest absolute Gasteiger partial charge is 0.224 e. The molecule has 1 nitrogen and oxygen atoms in total. The van der Waals surface area contributed by atoms with Crippen LogP contribution in [0.3, 0.4) is 0 Å². The van der Waals surface area contributed by atoms with Crippen molar-refractivity contribution in [1.29, 1.82) is 0 Å². The SMILES string of the molecule is Fc1cc(F)c(F)c([B-](c2c(F)c(F)cc(F)c2F)(c2c(F)c(F)cc(F)c2F)c2c(F)c(F)cc(F)c2F)c1F.c1cc[o+]cc1. The van der Waals surface area contributed by atoms with E-state index in [2.05, 4.69) is 4.42 Å². The first-order valence-electron chi connectivity index (χ1n) is 12.3. The molecular formula is C29H9BF16O. The number of hydrogen-bond donors (Lipinski definition) is 0. The third-order valence-corrected chi connectivity index (χ3v) is 6.85. The number of benzene rings is 4. The number of halogens is 16. The molecule has 5 rings (SSSR count). The Kier molecular flexibility index (Phi) is 9.64. The third-order valence-electron chi connectivity index (χ3n) is 6.85.